The van der Waals surface area contributed by atoms with E-state index in [9.17, 15) is 5.11 Å². The summed E-state index contributed by atoms with van der Waals surface area (Å²) >= 11 is 0. The van der Waals surface area contributed by atoms with Crippen LogP contribution in [0.1, 0.15) is 43.7 Å². The van der Waals surface area contributed by atoms with E-state index in [0.29, 0.717) is 6.04 Å². The second-order valence-corrected chi connectivity index (χ2v) is 5.45. The quantitative estimate of drug-likeness (QED) is 0.883. The molecule has 1 N–H and O–H groups in total. The van der Waals surface area contributed by atoms with Crippen LogP contribution in [0.4, 0.5) is 0 Å². The molecule has 0 radical (unpaired) electrons. The Morgan fingerprint density at radius 3 is 2.44 bits per heavy atom. The molecular formula is C16H25NO. The van der Waals surface area contributed by atoms with E-state index < -0.39 is 0 Å². The van der Waals surface area contributed by atoms with E-state index >= 15 is 0 Å². The molecule has 0 aliphatic heterocycles. The first kappa shape index (κ1) is 13.6. The van der Waals surface area contributed by atoms with Gasteiger partial charge in [-0.15, -0.1) is 0 Å². The zero-order valence-corrected chi connectivity index (χ0v) is 11.6. The summed E-state index contributed by atoms with van der Waals surface area (Å²) in [6.07, 6.45) is 4.16. The van der Waals surface area contributed by atoms with E-state index in [1.165, 1.54) is 11.1 Å². The predicted molar refractivity (Wildman–Crippen MR) is 75.5 cm³/mol. The maximum atomic E-state index is 9.60. The highest BCUT2D eigenvalue weighted by Crippen LogP contribution is 2.24. The lowest BCUT2D eigenvalue weighted by Crippen LogP contribution is -2.38. The Morgan fingerprint density at radius 2 is 1.83 bits per heavy atom. The fourth-order valence-electron chi connectivity index (χ4n) is 2.93. The summed E-state index contributed by atoms with van der Waals surface area (Å²) in [7, 11) is 0. The van der Waals surface area contributed by atoms with Crippen molar-refractivity contribution in [3.8, 4) is 0 Å². The number of hydrogen-bond donors (Lipinski definition) is 1. The molecule has 0 spiro atoms. The number of hydrogen-bond acceptors (Lipinski definition) is 2. The Labute approximate surface area is 111 Å². The van der Waals surface area contributed by atoms with Crippen molar-refractivity contribution < 1.29 is 5.11 Å². The van der Waals surface area contributed by atoms with Gasteiger partial charge < -0.3 is 5.11 Å². The molecule has 1 fully saturated rings. The molecule has 0 bridgehead atoms. The lowest BCUT2D eigenvalue weighted by atomic mass is 9.91. The van der Waals surface area contributed by atoms with Crippen LogP contribution in [-0.4, -0.2) is 28.7 Å². The predicted octanol–water partition coefficient (Wildman–Crippen LogP) is 3.12. The number of rotatable bonds is 4. The van der Waals surface area contributed by atoms with Crippen molar-refractivity contribution in [3.05, 3.63) is 35.4 Å². The summed E-state index contributed by atoms with van der Waals surface area (Å²) in [5, 5.41) is 9.60. The maximum Gasteiger partial charge on any atom is 0.0541 e. The molecule has 100 valence electrons. The van der Waals surface area contributed by atoms with Gasteiger partial charge in [0.2, 0.25) is 0 Å². The van der Waals surface area contributed by atoms with Crippen LogP contribution in [-0.2, 0) is 6.54 Å². The third-order valence-corrected chi connectivity index (χ3v) is 4.22. The molecule has 0 unspecified atom stereocenters. The Morgan fingerprint density at radius 1 is 1.17 bits per heavy atom. The summed E-state index contributed by atoms with van der Waals surface area (Å²) in [6.45, 7) is 6.57. The van der Waals surface area contributed by atoms with Crippen LogP contribution in [0.5, 0.6) is 0 Å². The highest BCUT2D eigenvalue weighted by molar-refractivity contribution is 5.25. The number of nitrogens with zero attached hydrogens (tertiary/aromatic N) is 1. The highest BCUT2D eigenvalue weighted by Gasteiger charge is 2.24. The Kier molecular flexibility index (Phi) is 4.79. The Hall–Kier alpha value is -0.860. The van der Waals surface area contributed by atoms with Gasteiger partial charge in [0.15, 0.2) is 0 Å². The Balaban J connectivity index is 1.99. The fourth-order valence-corrected chi connectivity index (χ4v) is 2.93. The second kappa shape index (κ2) is 6.35. The van der Waals surface area contributed by atoms with E-state index in [2.05, 4.69) is 43.0 Å². The molecule has 0 amide bonds. The summed E-state index contributed by atoms with van der Waals surface area (Å²) in [4.78, 5) is 2.56. The van der Waals surface area contributed by atoms with Crippen LogP contribution in [0.3, 0.4) is 0 Å². The maximum absolute atomic E-state index is 9.60. The van der Waals surface area contributed by atoms with Crippen LogP contribution < -0.4 is 0 Å². The van der Waals surface area contributed by atoms with Gasteiger partial charge in [0, 0.05) is 12.6 Å². The van der Waals surface area contributed by atoms with Crippen LogP contribution in [0.2, 0.25) is 0 Å². The van der Waals surface area contributed by atoms with Gasteiger partial charge in [0.25, 0.3) is 0 Å². The average Bonchev–Trinajstić information content (AvgIpc) is 2.39. The lowest BCUT2D eigenvalue weighted by molar-refractivity contribution is 0.0727. The normalized spacial score (nSPS) is 24.4. The van der Waals surface area contributed by atoms with E-state index in [0.717, 1.165) is 38.8 Å². The van der Waals surface area contributed by atoms with Gasteiger partial charge in [0.1, 0.15) is 0 Å². The third kappa shape index (κ3) is 3.33. The smallest absolute Gasteiger partial charge is 0.0541 e. The van der Waals surface area contributed by atoms with E-state index in [-0.39, 0.29) is 6.10 Å². The van der Waals surface area contributed by atoms with Crippen LogP contribution >= 0.6 is 0 Å². The molecule has 1 aliphatic rings. The minimum Gasteiger partial charge on any atom is -0.393 e. The van der Waals surface area contributed by atoms with Gasteiger partial charge in [-0.05, 0) is 50.3 Å². The lowest BCUT2D eigenvalue weighted by Gasteiger charge is -2.35. The first-order valence-electron chi connectivity index (χ1n) is 7.17. The van der Waals surface area contributed by atoms with E-state index in [1.807, 2.05) is 0 Å². The molecular weight excluding hydrogens is 222 g/mol. The standard InChI is InChI=1S/C16H25NO/c1-3-17(15-8-10-16(18)11-9-15)12-14-7-5-4-6-13(14)2/h4-7,15-16,18H,3,8-12H2,1-2H3. The van der Waals surface area contributed by atoms with Crippen molar-refractivity contribution in [1.29, 1.82) is 0 Å². The number of benzene rings is 1. The zero-order chi connectivity index (χ0) is 13.0. The average molecular weight is 247 g/mol. The molecule has 18 heavy (non-hydrogen) atoms. The largest absolute Gasteiger partial charge is 0.393 e. The molecule has 0 saturated heterocycles. The number of aryl methyl sites for hydroxylation is 1. The van der Waals surface area contributed by atoms with Gasteiger partial charge in [-0.2, -0.15) is 0 Å². The molecule has 1 saturated carbocycles. The Bertz CT molecular complexity index is 369. The van der Waals surface area contributed by atoms with Crippen molar-refractivity contribution in [2.45, 2.75) is 58.2 Å². The van der Waals surface area contributed by atoms with Crippen molar-refractivity contribution in [2.75, 3.05) is 6.54 Å². The van der Waals surface area contributed by atoms with Gasteiger partial charge in [-0.25, -0.2) is 0 Å². The summed E-state index contributed by atoms with van der Waals surface area (Å²) in [6, 6.07) is 9.30. The van der Waals surface area contributed by atoms with Crippen LogP contribution in [0, 0.1) is 6.92 Å². The number of aliphatic hydroxyl groups is 1. The monoisotopic (exact) mass is 247 g/mol. The highest BCUT2D eigenvalue weighted by atomic mass is 16.3. The SMILES string of the molecule is CCN(Cc1ccccc1C)C1CCC(O)CC1. The van der Waals surface area contributed by atoms with Crippen molar-refractivity contribution >= 4 is 0 Å². The van der Waals surface area contributed by atoms with Crippen molar-refractivity contribution in [1.82, 2.24) is 4.90 Å². The molecule has 1 aromatic rings. The summed E-state index contributed by atoms with van der Waals surface area (Å²) in [5.41, 5.74) is 2.82. The molecule has 0 heterocycles. The van der Waals surface area contributed by atoms with E-state index in [1.54, 1.807) is 0 Å². The summed E-state index contributed by atoms with van der Waals surface area (Å²) < 4.78 is 0. The molecule has 2 nitrogen and oxygen atoms in total. The zero-order valence-electron chi connectivity index (χ0n) is 11.6. The van der Waals surface area contributed by atoms with Crippen molar-refractivity contribution in [2.24, 2.45) is 0 Å². The molecule has 0 aromatic heterocycles. The number of aliphatic hydroxyl groups excluding tert-OH is 1. The molecule has 2 rings (SSSR count). The topological polar surface area (TPSA) is 23.5 Å². The molecule has 1 aliphatic carbocycles. The minimum atomic E-state index is -0.0570. The van der Waals surface area contributed by atoms with Crippen LogP contribution in [0.15, 0.2) is 24.3 Å². The first-order valence-corrected chi connectivity index (χ1v) is 7.17. The van der Waals surface area contributed by atoms with Crippen LogP contribution in [0.25, 0.3) is 0 Å². The van der Waals surface area contributed by atoms with Gasteiger partial charge in [0.05, 0.1) is 6.10 Å². The first-order chi connectivity index (χ1) is 8.70. The minimum absolute atomic E-state index is 0.0570. The third-order valence-electron chi connectivity index (χ3n) is 4.22. The fraction of sp³-hybridized carbons (Fsp3) is 0.625. The molecule has 1 aromatic carbocycles. The summed E-state index contributed by atoms with van der Waals surface area (Å²) in [5.74, 6) is 0. The molecule has 2 heteroatoms. The van der Waals surface area contributed by atoms with E-state index in [4.69, 9.17) is 0 Å². The van der Waals surface area contributed by atoms with Crippen molar-refractivity contribution in [3.63, 3.8) is 0 Å². The van der Waals surface area contributed by atoms with Gasteiger partial charge >= 0.3 is 0 Å². The van der Waals surface area contributed by atoms with Gasteiger partial charge in [-0.1, -0.05) is 31.2 Å². The van der Waals surface area contributed by atoms with Gasteiger partial charge in [-0.3, -0.25) is 4.90 Å². The molecule has 0 atom stereocenters. The second-order valence-electron chi connectivity index (χ2n) is 5.45.